The second-order valence-electron chi connectivity index (χ2n) is 4.20. The summed E-state index contributed by atoms with van der Waals surface area (Å²) in [5, 5.41) is 3.04. The van der Waals surface area contributed by atoms with E-state index < -0.39 is 0 Å². The van der Waals surface area contributed by atoms with Gasteiger partial charge in [-0.05, 0) is 35.9 Å². The molecule has 0 bridgehead atoms. The lowest BCUT2D eigenvalue weighted by atomic mass is 10.3. The van der Waals surface area contributed by atoms with E-state index >= 15 is 0 Å². The predicted molar refractivity (Wildman–Crippen MR) is 78.7 cm³/mol. The van der Waals surface area contributed by atoms with Crippen molar-refractivity contribution in [1.82, 2.24) is 14.9 Å². The number of carbonyl (C=O) groups is 1. The number of amides is 1. The third-order valence-corrected chi connectivity index (χ3v) is 3.05. The summed E-state index contributed by atoms with van der Waals surface area (Å²) in [6.45, 7) is 0.939. The van der Waals surface area contributed by atoms with E-state index in [-0.39, 0.29) is 12.5 Å². The van der Waals surface area contributed by atoms with Gasteiger partial charge in [0.2, 0.25) is 11.2 Å². The number of ether oxygens (including phenoxy) is 2. The fourth-order valence-corrected chi connectivity index (χ4v) is 1.84. The van der Waals surface area contributed by atoms with Crippen LogP contribution in [0.3, 0.4) is 0 Å². The Balaban J connectivity index is 1.67. The highest BCUT2D eigenvalue weighted by atomic mass is 35.5. The number of rotatable bonds is 7. The van der Waals surface area contributed by atoms with Crippen molar-refractivity contribution in [3.05, 3.63) is 41.9 Å². The molecule has 0 unspecified atom stereocenters. The Bertz CT molecular complexity index is 583. The zero-order valence-electron chi connectivity index (χ0n) is 11.6. The van der Waals surface area contributed by atoms with Crippen molar-refractivity contribution in [2.75, 3.05) is 20.3 Å². The van der Waals surface area contributed by atoms with Crippen molar-refractivity contribution in [3.8, 4) is 11.5 Å². The first-order valence-electron chi connectivity index (χ1n) is 6.39. The molecule has 0 saturated heterocycles. The van der Waals surface area contributed by atoms with Crippen LogP contribution in [0.25, 0.3) is 0 Å². The molecule has 1 aromatic heterocycles. The highest BCUT2D eigenvalue weighted by Gasteiger charge is 2.05. The number of aromatic nitrogens is 2. The van der Waals surface area contributed by atoms with Crippen molar-refractivity contribution >= 4 is 17.5 Å². The predicted octanol–water partition coefficient (Wildman–Crippen LogP) is 1.74. The zero-order chi connectivity index (χ0) is 15.1. The minimum Gasteiger partial charge on any atom is -0.497 e. The van der Waals surface area contributed by atoms with E-state index in [1.807, 2.05) is 24.3 Å². The molecule has 2 aromatic rings. The molecule has 0 aliphatic heterocycles. The van der Waals surface area contributed by atoms with Gasteiger partial charge >= 0.3 is 0 Å². The maximum absolute atomic E-state index is 11.7. The number of imidazole rings is 1. The van der Waals surface area contributed by atoms with Crippen molar-refractivity contribution in [2.24, 2.45) is 0 Å². The van der Waals surface area contributed by atoms with Crippen LogP contribution in [-0.4, -0.2) is 35.7 Å². The Hall–Kier alpha value is -2.21. The topological polar surface area (TPSA) is 65.4 Å². The van der Waals surface area contributed by atoms with E-state index in [1.54, 1.807) is 24.1 Å². The molecule has 7 heteroatoms. The van der Waals surface area contributed by atoms with Crippen LogP contribution in [0.2, 0.25) is 5.28 Å². The van der Waals surface area contributed by atoms with Crippen LogP contribution in [0.5, 0.6) is 11.5 Å². The summed E-state index contributed by atoms with van der Waals surface area (Å²) in [6, 6.07) is 7.25. The summed E-state index contributed by atoms with van der Waals surface area (Å²) in [7, 11) is 1.61. The molecule has 112 valence electrons. The van der Waals surface area contributed by atoms with Gasteiger partial charge < -0.3 is 19.4 Å². The van der Waals surface area contributed by atoms with Crippen molar-refractivity contribution in [3.63, 3.8) is 0 Å². The lowest BCUT2D eigenvalue weighted by Crippen LogP contribution is -2.31. The normalized spacial score (nSPS) is 10.2. The van der Waals surface area contributed by atoms with Gasteiger partial charge in [-0.1, -0.05) is 0 Å². The van der Waals surface area contributed by atoms with E-state index in [2.05, 4.69) is 10.3 Å². The Morgan fingerprint density at radius 2 is 2.05 bits per heavy atom. The fourth-order valence-electron chi connectivity index (χ4n) is 1.67. The monoisotopic (exact) mass is 309 g/mol. The van der Waals surface area contributed by atoms with Crippen molar-refractivity contribution in [1.29, 1.82) is 0 Å². The number of carbonyl (C=O) groups excluding carboxylic acids is 1. The minimum atomic E-state index is -0.145. The van der Waals surface area contributed by atoms with Crippen molar-refractivity contribution in [2.45, 2.75) is 6.54 Å². The number of nitrogens with one attached hydrogen (secondary N) is 1. The molecule has 0 aliphatic carbocycles. The van der Waals surface area contributed by atoms with Crippen LogP contribution in [0.15, 0.2) is 36.7 Å². The van der Waals surface area contributed by atoms with Gasteiger partial charge in [0, 0.05) is 12.4 Å². The molecule has 0 radical (unpaired) electrons. The second-order valence-corrected chi connectivity index (χ2v) is 4.54. The highest BCUT2D eigenvalue weighted by molar-refractivity contribution is 6.28. The van der Waals surface area contributed by atoms with E-state index in [4.69, 9.17) is 21.1 Å². The Labute approximate surface area is 127 Å². The summed E-state index contributed by atoms with van der Waals surface area (Å²) in [5.74, 6) is 1.35. The Morgan fingerprint density at radius 1 is 1.33 bits per heavy atom. The summed E-state index contributed by atoms with van der Waals surface area (Å²) >= 11 is 5.79. The van der Waals surface area contributed by atoms with Gasteiger partial charge in [0.15, 0.2) is 0 Å². The smallest absolute Gasteiger partial charge is 0.240 e. The largest absolute Gasteiger partial charge is 0.497 e. The summed E-state index contributed by atoms with van der Waals surface area (Å²) in [4.78, 5) is 15.5. The van der Waals surface area contributed by atoms with Gasteiger partial charge in [-0.3, -0.25) is 4.79 Å². The standard InChI is InChI=1S/C14H16ClN3O3/c1-20-11-2-4-12(5-3-11)21-9-7-16-13(19)10-18-8-6-17-14(18)15/h2-6,8H,7,9-10H2,1H3,(H,16,19). The molecule has 6 nitrogen and oxygen atoms in total. The molecule has 2 rings (SSSR count). The molecular weight excluding hydrogens is 294 g/mol. The molecule has 0 aliphatic rings. The summed E-state index contributed by atoms with van der Waals surface area (Å²) in [5.41, 5.74) is 0. The number of hydrogen-bond acceptors (Lipinski definition) is 4. The fraction of sp³-hybridized carbons (Fsp3) is 0.286. The number of halogens is 1. The average molecular weight is 310 g/mol. The zero-order valence-corrected chi connectivity index (χ0v) is 12.3. The van der Waals surface area contributed by atoms with Crippen LogP contribution in [-0.2, 0) is 11.3 Å². The third kappa shape index (κ3) is 4.68. The number of hydrogen-bond donors (Lipinski definition) is 1. The minimum absolute atomic E-state index is 0.140. The maximum Gasteiger partial charge on any atom is 0.240 e. The SMILES string of the molecule is COc1ccc(OCCNC(=O)Cn2ccnc2Cl)cc1. The van der Waals surface area contributed by atoms with Crippen LogP contribution in [0.1, 0.15) is 0 Å². The molecule has 1 heterocycles. The molecule has 0 spiro atoms. The van der Waals surface area contributed by atoms with Crippen molar-refractivity contribution < 1.29 is 14.3 Å². The second kappa shape index (κ2) is 7.54. The first kappa shape index (κ1) is 15.2. The van der Waals surface area contributed by atoms with E-state index in [9.17, 15) is 4.79 Å². The molecule has 0 saturated carbocycles. The Morgan fingerprint density at radius 3 is 2.67 bits per heavy atom. The average Bonchev–Trinajstić information content (AvgIpc) is 2.89. The van der Waals surface area contributed by atoms with Gasteiger partial charge in [-0.2, -0.15) is 0 Å². The lowest BCUT2D eigenvalue weighted by molar-refractivity contribution is -0.121. The molecule has 1 N–H and O–H groups in total. The molecule has 1 aromatic carbocycles. The van der Waals surface area contributed by atoms with Gasteiger partial charge in [0.1, 0.15) is 24.7 Å². The summed E-state index contributed by atoms with van der Waals surface area (Å²) in [6.07, 6.45) is 3.19. The molecule has 0 fully saturated rings. The highest BCUT2D eigenvalue weighted by Crippen LogP contribution is 2.16. The lowest BCUT2D eigenvalue weighted by Gasteiger charge is -2.09. The van der Waals surface area contributed by atoms with Crippen LogP contribution >= 0.6 is 11.6 Å². The summed E-state index contributed by atoms with van der Waals surface area (Å²) < 4.78 is 12.1. The van der Waals surface area contributed by atoms with Crippen LogP contribution in [0, 0.1) is 0 Å². The van der Waals surface area contributed by atoms with Crippen LogP contribution < -0.4 is 14.8 Å². The quantitative estimate of drug-likeness (QED) is 0.791. The van der Waals surface area contributed by atoms with Gasteiger partial charge in [-0.15, -0.1) is 0 Å². The van der Waals surface area contributed by atoms with E-state index in [0.717, 1.165) is 11.5 Å². The van der Waals surface area contributed by atoms with E-state index in [0.29, 0.717) is 18.4 Å². The first-order valence-corrected chi connectivity index (χ1v) is 6.77. The molecular formula is C14H16ClN3O3. The van der Waals surface area contributed by atoms with Gasteiger partial charge in [0.25, 0.3) is 0 Å². The maximum atomic E-state index is 11.7. The molecule has 1 amide bonds. The van der Waals surface area contributed by atoms with Gasteiger partial charge in [-0.25, -0.2) is 4.98 Å². The van der Waals surface area contributed by atoms with E-state index in [1.165, 1.54) is 0 Å². The first-order chi connectivity index (χ1) is 10.2. The Kier molecular flexibility index (Phi) is 5.45. The number of benzene rings is 1. The molecule has 0 atom stereocenters. The molecule has 21 heavy (non-hydrogen) atoms. The third-order valence-electron chi connectivity index (χ3n) is 2.73. The number of nitrogens with zero attached hydrogens (tertiary/aromatic N) is 2. The number of methoxy groups -OCH3 is 1. The van der Waals surface area contributed by atoms with Gasteiger partial charge in [0.05, 0.1) is 13.7 Å². The van der Waals surface area contributed by atoms with Crippen LogP contribution in [0.4, 0.5) is 0 Å².